The van der Waals surface area contributed by atoms with Crippen LogP contribution in [0.5, 0.6) is 0 Å². The molecule has 1 heterocycles. The lowest BCUT2D eigenvalue weighted by molar-refractivity contribution is 0.164. The van der Waals surface area contributed by atoms with Gasteiger partial charge in [0.1, 0.15) is 6.17 Å². The largest absolute Gasteiger partial charge is 0.397 e. The summed E-state index contributed by atoms with van der Waals surface area (Å²) in [6, 6.07) is 8.82. The summed E-state index contributed by atoms with van der Waals surface area (Å²) in [4.78, 5) is 3.58. The third-order valence-electron chi connectivity index (χ3n) is 2.83. The number of allylic oxidation sites excluding steroid dienone is 1. The Kier molecular flexibility index (Phi) is 2.93. The van der Waals surface area contributed by atoms with E-state index in [1.165, 1.54) is 0 Å². The van der Waals surface area contributed by atoms with Crippen LogP contribution in [0.1, 0.15) is 5.56 Å². The molecule has 3 nitrogen and oxygen atoms in total. The highest BCUT2D eigenvalue weighted by Gasteiger charge is 2.43. The Balaban J connectivity index is 2.33. The number of aliphatic imine (C=N–C) groups is 1. The molecule has 0 aliphatic carbocycles. The molecular formula is C12H13F2N3. The Morgan fingerprint density at radius 3 is 2.59 bits per heavy atom. The Hall–Kier alpha value is -1.75. The third kappa shape index (κ3) is 2.06. The molecule has 0 saturated carbocycles. The predicted octanol–water partition coefficient (Wildman–Crippen LogP) is 1.45. The molecule has 17 heavy (non-hydrogen) atoms. The van der Waals surface area contributed by atoms with Gasteiger partial charge in [0.05, 0.1) is 11.9 Å². The molecule has 2 unspecified atom stereocenters. The molecule has 0 aromatic heterocycles. The second-order valence-corrected chi connectivity index (χ2v) is 4.01. The molecule has 0 radical (unpaired) electrons. The van der Waals surface area contributed by atoms with Crippen LogP contribution in [0.3, 0.4) is 0 Å². The van der Waals surface area contributed by atoms with Gasteiger partial charge in [0.15, 0.2) is 11.5 Å². The molecule has 90 valence electrons. The van der Waals surface area contributed by atoms with E-state index in [0.29, 0.717) is 5.56 Å². The Morgan fingerprint density at radius 1 is 1.29 bits per heavy atom. The van der Waals surface area contributed by atoms with Crippen molar-refractivity contribution in [3.63, 3.8) is 0 Å². The summed E-state index contributed by atoms with van der Waals surface area (Å²) < 4.78 is 27.9. The van der Waals surface area contributed by atoms with Crippen molar-refractivity contribution in [1.82, 2.24) is 0 Å². The summed E-state index contributed by atoms with van der Waals surface area (Å²) in [5, 5.41) is 0. The van der Waals surface area contributed by atoms with Crippen molar-refractivity contribution in [1.29, 1.82) is 0 Å². The average Bonchev–Trinajstić information content (AvgIpc) is 2.34. The van der Waals surface area contributed by atoms with Crippen LogP contribution in [-0.2, 0) is 6.42 Å². The fourth-order valence-electron chi connectivity index (χ4n) is 1.78. The number of rotatable bonds is 2. The first kappa shape index (κ1) is 11.7. The van der Waals surface area contributed by atoms with E-state index in [2.05, 4.69) is 4.99 Å². The lowest BCUT2D eigenvalue weighted by Crippen LogP contribution is -2.51. The molecule has 4 N–H and O–H groups in total. The Labute approximate surface area is 97.8 Å². The van der Waals surface area contributed by atoms with Crippen LogP contribution in [0.15, 0.2) is 46.8 Å². The van der Waals surface area contributed by atoms with E-state index in [4.69, 9.17) is 11.5 Å². The number of nitrogens with two attached hydrogens (primary N) is 2. The van der Waals surface area contributed by atoms with E-state index in [9.17, 15) is 8.78 Å². The van der Waals surface area contributed by atoms with Crippen molar-refractivity contribution >= 4 is 6.21 Å². The number of dihydropyridines is 1. The Bertz CT molecular complexity index is 470. The van der Waals surface area contributed by atoms with E-state index in [1.807, 2.05) is 6.07 Å². The molecule has 1 aliphatic heterocycles. The van der Waals surface area contributed by atoms with Gasteiger partial charge in [-0.1, -0.05) is 30.3 Å². The molecular weight excluding hydrogens is 224 g/mol. The van der Waals surface area contributed by atoms with Gasteiger partial charge in [-0.15, -0.1) is 0 Å². The number of nitrogens with zero attached hydrogens (tertiary/aromatic N) is 1. The van der Waals surface area contributed by atoms with E-state index >= 15 is 0 Å². The fraction of sp³-hybridized carbons (Fsp3) is 0.250. The number of hydrogen-bond acceptors (Lipinski definition) is 3. The Morgan fingerprint density at radius 2 is 1.94 bits per heavy atom. The quantitative estimate of drug-likeness (QED) is 0.817. The minimum atomic E-state index is -2.17. The molecule has 0 fully saturated rings. The molecule has 0 spiro atoms. The zero-order valence-electron chi connectivity index (χ0n) is 9.11. The van der Waals surface area contributed by atoms with Crippen molar-refractivity contribution in [3.05, 3.63) is 47.4 Å². The summed E-state index contributed by atoms with van der Waals surface area (Å²) in [7, 11) is 0. The third-order valence-corrected chi connectivity index (χ3v) is 2.83. The maximum Gasteiger partial charge on any atom is 0.191 e. The topological polar surface area (TPSA) is 64.4 Å². The minimum Gasteiger partial charge on any atom is -0.397 e. The number of halogens is 2. The first-order valence-electron chi connectivity index (χ1n) is 5.21. The van der Waals surface area contributed by atoms with Gasteiger partial charge in [0.2, 0.25) is 0 Å². The minimum absolute atomic E-state index is 0.0917. The van der Waals surface area contributed by atoms with Crippen molar-refractivity contribution < 1.29 is 8.78 Å². The van der Waals surface area contributed by atoms with Gasteiger partial charge in [-0.25, -0.2) is 8.78 Å². The molecule has 2 rings (SSSR count). The van der Waals surface area contributed by atoms with Crippen LogP contribution in [0.4, 0.5) is 8.78 Å². The average molecular weight is 237 g/mol. The smallest absolute Gasteiger partial charge is 0.191 e. The molecule has 1 aliphatic rings. The molecule has 0 saturated heterocycles. The first-order chi connectivity index (χ1) is 8.04. The normalized spacial score (nSPS) is 28.5. The molecule has 2 atom stereocenters. The maximum absolute atomic E-state index is 14.6. The number of hydrogen-bond donors (Lipinski definition) is 2. The summed E-state index contributed by atoms with van der Waals surface area (Å²) in [6.07, 6.45) is -0.406. The van der Waals surface area contributed by atoms with Crippen molar-refractivity contribution in [2.24, 2.45) is 16.5 Å². The maximum atomic E-state index is 14.6. The van der Waals surface area contributed by atoms with Crippen molar-refractivity contribution in [2.75, 3.05) is 0 Å². The summed E-state index contributed by atoms with van der Waals surface area (Å²) in [5.41, 5.74) is 9.06. The van der Waals surface area contributed by atoms with Gasteiger partial charge in [0.25, 0.3) is 0 Å². The van der Waals surface area contributed by atoms with Gasteiger partial charge in [-0.05, 0) is 5.56 Å². The van der Waals surface area contributed by atoms with Gasteiger partial charge in [0, 0.05) is 6.42 Å². The van der Waals surface area contributed by atoms with E-state index in [0.717, 1.165) is 6.21 Å². The summed E-state index contributed by atoms with van der Waals surface area (Å²) in [5.74, 6) is -0.856. The molecule has 1 aromatic rings. The van der Waals surface area contributed by atoms with Crippen LogP contribution < -0.4 is 11.5 Å². The van der Waals surface area contributed by atoms with Gasteiger partial charge < -0.3 is 11.5 Å². The first-order valence-corrected chi connectivity index (χ1v) is 5.21. The second-order valence-electron chi connectivity index (χ2n) is 4.01. The van der Waals surface area contributed by atoms with Gasteiger partial charge in [-0.3, -0.25) is 4.99 Å². The summed E-state index contributed by atoms with van der Waals surface area (Å²) >= 11 is 0. The van der Waals surface area contributed by atoms with Crippen LogP contribution >= 0.6 is 0 Å². The standard InChI is InChI=1S/C12H13F2N3/c13-9-7-17-11(16)12(14,10(9)15)6-8-4-2-1-3-5-8/h1-5,7,11H,6,15-16H2. The van der Waals surface area contributed by atoms with Crippen LogP contribution in [0.2, 0.25) is 0 Å². The zero-order valence-corrected chi connectivity index (χ0v) is 9.11. The van der Waals surface area contributed by atoms with Gasteiger partial charge >= 0.3 is 0 Å². The SMILES string of the molecule is NC1=C(F)C=NC(N)C1(F)Cc1ccccc1. The molecule has 1 aromatic carbocycles. The van der Waals surface area contributed by atoms with E-state index < -0.39 is 23.4 Å². The number of alkyl halides is 1. The highest BCUT2D eigenvalue weighted by Crippen LogP contribution is 2.31. The molecule has 0 bridgehead atoms. The summed E-state index contributed by atoms with van der Waals surface area (Å²) in [6.45, 7) is 0. The van der Waals surface area contributed by atoms with Crippen LogP contribution in [-0.4, -0.2) is 18.0 Å². The van der Waals surface area contributed by atoms with Gasteiger partial charge in [-0.2, -0.15) is 0 Å². The molecule has 5 heteroatoms. The van der Waals surface area contributed by atoms with Crippen LogP contribution in [0.25, 0.3) is 0 Å². The second kappa shape index (κ2) is 4.25. The van der Waals surface area contributed by atoms with Crippen molar-refractivity contribution in [2.45, 2.75) is 18.3 Å². The van der Waals surface area contributed by atoms with E-state index in [1.54, 1.807) is 24.3 Å². The molecule has 0 amide bonds. The highest BCUT2D eigenvalue weighted by molar-refractivity contribution is 5.79. The van der Waals surface area contributed by atoms with Crippen LogP contribution in [0, 0.1) is 0 Å². The van der Waals surface area contributed by atoms with Crippen molar-refractivity contribution in [3.8, 4) is 0 Å². The number of benzene rings is 1. The fourth-order valence-corrected chi connectivity index (χ4v) is 1.78. The lowest BCUT2D eigenvalue weighted by Gasteiger charge is -2.31. The highest BCUT2D eigenvalue weighted by atomic mass is 19.1. The lowest BCUT2D eigenvalue weighted by atomic mass is 9.89. The predicted molar refractivity (Wildman–Crippen MR) is 62.8 cm³/mol. The monoisotopic (exact) mass is 237 g/mol. The van der Waals surface area contributed by atoms with E-state index in [-0.39, 0.29) is 6.42 Å². The zero-order chi connectivity index (χ0) is 12.5.